The first-order valence-corrected chi connectivity index (χ1v) is 8.18. The second kappa shape index (κ2) is 8.94. The Kier molecular flexibility index (Phi) is 6.91. The van der Waals surface area contributed by atoms with Crippen molar-refractivity contribution >= 4 is 18.8 Å². The van der Waals surface area contributed by atoms with Gasteiger partial charge in [-0.1, -0.05) is 60.7 Å². The van der Waals surface area contributed by atoms with Crippen LogP contribution in [0.1, 0.15) is 5.56 Å². The van der Waals surface area contributed by atoms with Crippen LogP contribution in [0.3, 0.4) is 0 Å². The standard InChI is InChI=1S/C19H16OP.Li/c1-4-10-17(11-5-1)16-20-21(18-12-6-2-7-13-18)19-14-8-3-9-15-19;/h1-10,12-15H,16H2;/q-1;+1. The van der Waals surface area contributed by atoms with Crippen LogP contribution in [0.15, 0.2) is 84.9 Å². The van der Waals surface area contributed by atoms with E-state index >= 15 is 0 Å². The van der Waals surface area contributed by atoms with E-state index in [9.17, 15) is 0 Å². The van der Waals surface area contributed by atoms with Crippen LogP contribution in [0.4, 0.5) is 0 Å². The van der Waals surface area contributed by atoms with Crippen molar-refractivity contribution in [2.45, 2.75) is 6.61 Å². The van der Waals surface area contributed by atoms with Crippen LogP contribution in [0, 0.1) is 6.07 Å². The van der Waals surface area contributed by atoms with Crippen molar-refractivity contribution in [3.8, 4) is 0 Å². The molecule has 0 fully saturated rings. The van der Waals surface area contributed by atoms with Crippen LogP contribution in [-0.4, -0.2) is 0 Å². The predicted molar refractivity (Wildman–Crippen MR) is 89.1 cm³/mol. The molecule has 0 saturated carbocycles. The Morgan fingerprint density at radius 1 is 0.727 bits per heavy atom. The van der Waals surface area contributed by atoms with Gasteiger partial charge in [-0.3, -0.25) is 0 Å². The quantitative estimate of drug-likeness (QED) is 0.389. The van der Waals surface area contributed by atoms with E-state index in [2.05, 4.69) is 54.6 Å². The third-order valence-corrected chi connectivity index (χ3v) is 5.03. The molecule has 3 heteroatoms. The summed E-state index contributed by atoms with van der Waals surface area (Å²) in [5, 5.41) is 2.46. The van der Waals surface area contributed by atoms with Gasteiger partial charge >= 0.3 is 18.9 Å². The Morgan fingerprint density at radius 2 is 1.27 bits per heavy atom. The van der Waals surface area contributed by atoms with E-state index in [0.29, 0.717) is 6.61 Å². The second-order valence-electron chi connectivity index (χ2n) is 4.63. The van der Waals surface area contributed by atoms with E-state index in [1.54, 1.807) is 0 Å². The third-order valence-electron chi connectivity index (χ3n) is 3.10. The van der Waals surface area contributed by atoms with Crippen LogP contribution in [0.2, 0.25) is 0 Å². The fraction of sp³-hybridized carbons (Fsp3) is 0.0526. The molecule has 0 unspecified atom stereocenters. The van der Waals surface area contributed by atoms with Gasteiger partial charge in [-0.05, 0) is 0 Å². The zero-order valence-electron chi connectivity index (χ0n) is 12.6. The molecule has 3 rings (SSSR count). The van der Waals surface area contributed by atoms with Crippen molar-refractivity contribution < 1.29 is 23.4 Å². The first-order valence-electron chi connectivity index (χ1n) is 6.92. The molecule has 0 amide bonds. The molecule has 1 nitrogen and oxygen atoms in total. The van der Waals surface area contributed by atoms with Gasteiger partial charge in [-0.25, -0.2) is 0 Å². The molecule has 0 heterocycles. The van der Waals surface area contributed by atoms with Crippen LogP contribution < -0.4 is 29.5 Å². The van der Waals surface area contributed by atoms with Crippen LogP contribution in [0.25, 0.3) is 0 Å². The average molecular weight is 298 g/mol. The molecule has 22 heavy (non-hydrogen) atoms. The molecular formula is C19H16LiOP. The summed E-state index contributed by atoms with van der Waals surface area (Å²) in [4.78, 5) is 0. The predicted octanol–water partition coefficient (Wildman–Crippen LogP) is 1.06. The normalized spacial score (nSPS) is 10.2. The Hall–Kier alpha value is -1.35. The van der Waals surface area contributed by atoms with Gasteiger partial charge in [0.05, 0.1) is 14.8 Å². The van der Waals surface area contributed by atoms with Crippen molar-refractivity contribution in [1.29, 1.82) is 0 Å². The second-order valence-corrected chi connectivity index (χ2v) is 6.51. The molecule has 0 bridgehead atoms. The zero-order chi connectivity index (χ0) is 14.3. The van der Waals surface area contributed by atoms with Gasteiger partial charge in [0.2, 0.25) is 0 Å². The van der Waals surface area contributed by atoms with E-state index in [-0.39, 0.29) is 18.9 Å². The molecule has 0 saturated heterocycles. The van der Waals surface area contributed by atoms with Crippen molar-refractivity contribution in [3.05, 3.63) is 96.6 Å². The fourth-order valence-corrected chi connectivity index (χ4v) is 3.83. The van der Waals surface area contributed by atoms with Crippen molar-refractivity contribution in [2.24, 2.45) is 0 Å². The third kappa shape index (κ3) is 4.57. The summed E-state index contributed by atoms with van der Waals surface area (Å²) in [6.45, 7) is 0.580. The van der Waals surface area contributed by atoms with E-state index in [4.69, 9.17) is 4.52 Å². The van der Waals surface area contributed by atoms with Crippen molar-refractivity contribution in [2.75, 3.05) is 0 Å². The summed E-state index contributed by atoms with van der Waals surface area (Å²) in [6.07, 6.45) is 0. The molecule has 0 radical (unpaired) electrons. The number of rotatable bonds is 5. The molecule has 0 atom stereocenters. The first kappa shape index (κ1) is 17.0. The van der Waals surface area contributed by atoms with E-state index in [0.717, 1.165) is 5.56 Å². The van der Waals surface area contributed by atoms with Crippen molar-refractivity contribution in [3.63, 3.8) is 0 Å². The van der Waals surface area contributed by atoms with Crippen molar-refractivity contribution in [1.82, 2.24) is 0 Å². The monoisotopic (exact) mass is 298 g/mol. The Balaban J connectivity index is 0.00000176. The zero-order valence-corrected chi connectivity index (χ0v) is 13.5. The first-order chi connectivity index (χ1) is 10.4. The molecule has 3 aromatic rings. The minimum Gasteiger partial charge on any atom is -0.347 e. The maximum Gasteiger partial charge on any atom is 1.00 e. The molecule has 0 N–H and O–H groups in total. The summed E-state index contributed by atoms with van der Waals surface area (Å²) >= 11 is 0. The molecule has 0 aromatic heterocycles. The molecular weight excluding hydrogens is 282 g/mol. The summed E-state index contributed by atoms with van der Waals surface area (Å²) in [5.74, 6) is 0. The SMILES string of the molecule is [Li+].[c-]1ccccc1COP(c1ccccc1)c1ccccc1. The molecule has 104 valence electrons. The minimum absolute atomic E-state index is 0. The van der Waals surface area contributed by atoms with Gasteiger partial charge < -0.3 is 4.52 Å². The maximum absolute atomic E-state index is 6.23. The van der Waals surface area contributed by atoms with Gasteiger partial charge in [-0.2, -0.15) is 30.3 Å². The Bertz CT molecular complexity index is 619. The Morgan fingerprint density at radius 3 is 1.77 bits per heavy atom. The number of benzene rings is 3. The molecule has 0 aliphatic carbocycles. The van der Waals surface area contributed by atoms with Gasteiger partial charge in [0, 0.05) is 10.6 Å². The van der Waals surface area contributed by atoms with Crippen LogP contribution in [-0.2, 0) is 11.1 Å². The topological polar surface area (TPSA) is 9.23 Å². The summed E-state index contributed by atoms with van der Waals surface area (Å²) in [6, 6.07) is 32.0. The minimum atomic E-state index is -0.795. The number of hydrogen-bond acceptors (Lipinski definition) is 1. The smallest absolute Gasteiger partial charge is 0.347 e. The van der Waals surface area contributed by atoms with Gasteiger partial charge in [0.15, 0.2) is 0 Å². The largest absolute Gasteiger partial charge is 1.00 e. The molecule has 0 spiro atoms. The summed E-state index contributed by atoms with van der Waals surface area (Å²) < 4.78 is 6.23. The van der Waals surface area contributed by atoms with Gasteiger partial charge in [0.1, 0.15) is 0 Å². The van der Waals surface area contributed by atoms with E-state index in [1.807, 2.05) is 36.4 Å². The maximum atomic E-state index is 6.23. The molecule has 3 aromatic carbocycles. The summed E-state index contributed by atoms with van der Waals surface area (Å²) in [5.41, 5.74) is 1.08. The summed E-state index contributed by atoms with van der Waals surface area (Å²) in [7, 11) is -0.795. The van der Waals surface area contributed by atoms with Gasteiger partial charge in [-0.15, -0.1) is 5.56 Å². The van der Waals surface area contributed by atoms with Crippen LogP contribution in [0.5, 0.6) is 0 Å². The average Bonchev–Trinajstić information content (AvgIpc) is 2.58. The molecule has 0 aliphatic rings. The Labute approximate surface area is 145 Å². The number of hydrogen-bond donors (Lipinski definition) is 0. The van der Waals surface area contributed by atoms with E-state index in [1.165, 1.54) is 10.6 Å². The van der Waals surface area contributed by atoms with E-state index < -0.39 is 8.15 Å². The molecule has 0 aliphatic heterocycles. The van der Waals surface area contributed by atoms with Gasteiger partial charge in [0.25, 0.3) is 0 Å². The van der Waals surface area contributed by atoms with Crippen LogP contribution >= 0.6 is 8.15 Å². The fourth-order valence-electron chi connectivity index (χ4n) is 2.08.